The molecule has 1 aromatic heterocycles. The van der Waals surface area contributed by atoms with Gasteiger partial charge in [0.2, 0.25) is 5.91 Å². The van der Waals surface area contributed by atoms with Crippen LogP contribution in [0.3, 0.4) is 0 Å². The second kappa shape index (κ2) is 4.62. The first kappa shape index (κ1) is 12.9. The highest BCUT2D eigenvalue weighted by Crippen LogP contribution is 2.38. The van der Waals surface area contributed by atoms with Crippen molar-refractivity contribution in [3.63, 3.8) is 0 Å². The van der Waals surface area contributed by atoms with Gasteiger partial charge in [0.25, 0.3) is 0 Å². The van der Waals surface area contributed by atoms with Gasteiger partial charge in [-0.2, -0.15) is 0 Å². The van der Waals surface area contributed by atoms with Crippen molar-refractivity contribution in [1.82, 2.24) is 9.97 Å². The van der Waals surface area contributed by atoms with Crippen molar-refractivity contribution < 1.29 is 4.79 Å². The standard InChI is InChI=1S/C10H12Br2N4O/c1-10(13,5-2-3-5)9(17)16-8-7(12)15-6(11)4-14-8/h4-5H,2-3,13H2,1H3,(H,14,16,17). The molecule has 0 radical (unpaired) electrons. The topological polar surface area (TPSA) is 80.9 Å². The highest BCUT2D eigenvalue weighted by molar-refractivity contribution is 9.11. The minimum Gasteiger partial charge on any atom is -0.317 e. The molecular formula is C10H12Br2N4O. The largest absolute Gasteiger partial charge is 0.317 e. The summed E-state index contributed by atoms with van der Waals surface area (Å²) in [5.74, 6) is 0.428. The van der Waals surface area contributed by atoms with Crippen LogP contribution in [0.1, 0.15) is 19.8 Å². The Morgan fingerprint density at radius 3 is 2.76 bits per heavy atom. The van der Waals surface area contributed by atoms with E-state index in [1.807, 2.05) is 0 Å². The maximum Gasteiger partial charge on any atom is 0.245 e. The summed E-state index contributed by atoms with van der Waals surface area (Å²) in [6.45, 7) is 1.75. The van der Waals surface area contributed by atoms with Gasteiger partial charge in [-0.15, -0.1) is 0 Å². The minimum absolute atomic E-state index is 0.225. The molecule has 1 amide bonds. The Kier molecular flexibility index (Phi) is 3.51. The van der Waals surface area contributed by atoms with Crippen LogP contribution < -0.4 is 11.1 Å². The zero-order valence-electron chi connectivity index (χ0n) is 9.20. The van der Waals surface area contributed by atoms with Gasteiger partial charge < -0.3 is 11.1 Å². The third kappa shape index (κ3) is 2.83. The molecule has 5 nitrogen and oxygen atoms in total. The molecule has 7 heteroatoms. The van der Waals surface area contributed by atoms with E-state index in [1.54, 1.807) is 6.92 Å². The van der Waals surface area contributed by atoms with Crippen molar-refractivity contribution in [2.45, 2.75) is 25.3 Å². The predicted molar refractivity (Wildman–Crippen MR) is 71.4 cm³/mol. The first-order valence-corrected chi connectivity index (χ1v) is 6.78. The summed E-state index contributed by atoms with van der Waals surface area (Å²) < 4.78 is 1.08. The number of carbonyl (C=O) groups excluding carboxylic acids is 1. The summed E-state index contributed by atoms with van der Waals surface area (Å²) in [4.78, 5) is 20.2. The minimum atomic E-state index is -0.839. The van der Waals surface area contributed by atoms with Gasteiger partial charge >= 0.3 is 0 Å². The molecule has 0 spiro atoms. The van der Waals surface area contributed by atoms with Gasteiger partial charge in [0, 0.05) is 0 Å². The zero-order valence-corrected chi connectivity index (χ0v) is 12.4. The molecule has 1 aliphatic carbocycles. The molecular weight excluding hydrogens is 352 g/mol. The molecule has 0 aromatic carbocycles. The van der Waals surface area contributed by atoms with Crippen LogP contribution in [-0.2, 0) is 4.79 Å². The van der Waals surface area contributed by atoms with Crippen LogP contribution in [0.2, 0.25) is 0 Å². The van der Waals surface area contributed by atoms with Gasteiger partial charge in [0.15, 0.2) is 5.82 Å². The lowest BCUT2D eigenvalue weighted by Gasteiger charge is -2.22. The summed E-state index contributed by atoms with van der Waals surface area (Å²) in [5, 5.41) is 2.69. The fraction of sp³-hybridized carbons (Fsp3) is 0.500. The number of amides is 1. The molecule has 1 heterocycles. The third-order valence-corrected chi connectivity index (χ3v) is 3.78. The van der Waals surface area contributed by atoms with E-state index < -0.39 is 5.54 Å². The van der Waals surface area contributed by atoms with Crippen molar-refractivity contribution in [1.29, 1.82) is 0 Å². The number of halogens is 2. The van der Waals surface area contributed by atoms with Crippen molar-refractivity contribution in [3.8, 4) is 0 Å². The van der Waals surface area contributed by atoms with Crippen molar-refractivity contribution in [3.05, 3.63) is 15.4 Å². The van der Waals surface area contributed by atoms with Crippen molar-refractivity contribution >= 4 is 43.6 Å². The highest BCUT2D eigenvalue weighted by atomic mass is 79.9. The van der Waals surface area contributed by atoms with E-state index in [9.17, 15) is 4.79 Å². The number of hydrogen-bond acceptors (Lipinski definition) is 4. The molecule has 3 N–H and O–H groups in total. The van der Waals surface area contributed by atoms with Crippen LogP contribution in [0, 0.1) is 5.92 Å². The molecule has 0 saturated heterocycles. The normalized spacial score (nSPS) is 18.6. The number of rotatable bonds is 3. The Hall–Kier alpha value is -0.530. The lowest BCUT2D eigenvalue weighted by Crippen LogP contribution is -2.50. The first-order valence-electron chi connectivity index (χ1n) is 5.19. The fourth-order valence-electron chi connectivity index (χ4n) is 1.54. The zero-order chi connectivity index (χ0) is 12.6. The van der Waals surface area contributed by atoms with Crippen LogP contribution in [0.15, 0.2) is 15.4 Å². The van der Waals surface area contributed by atoms with Gasteiger partial charge in [-0.05, 0) is 57.5 Å². The maximum atomic E-state index is 12.0. The molecule has 1 aliphatic rings. The van der Waals surface area contributed by atoms with Crippen LogP contribution in [-0.4, -0.2) is 21.4 Å². The number of aromatic nitrogens is 2. The maximum absolute atomic E-state index is 12.0. The van der Waals surface area contributed by atoms with E-state index in [0.29, 0.717) is 15.0 Å². The summed E-state index contributed by atoms with van der Waals surface area (Å²) >= 11 is 6.43. The summed E-state index contributed by atoms with van der Waals surface area (Å²) in [6, 6.07) is 0. The molecule has 0 bridgehead atoms. The van der Waals surface area contributed by atoms with Crippen molar-refractivity contribution in [2.24, 2.45) is 11.7 Å². The van der Waals surface area contributed by atoms with Gasteiger partial charge in [-0.25, -0.2) is 9.97 Å². The smallest absolute Gasteiger partial charge is 0.245 e. The molecule has 17 heavy (non-hydrogen) atoms. The molecule has 1 unspecified atom stereocenters. The summed E-state index contributed by atoms with van der Waals surface area (Å²) in [7, 11) is 0. The number of nitrogens with zero attached hydrogens (tertiary/aromatic N) is 2. The first-order chi connectivity index (χ1) is 7.91. The summed E-state index contributed by atoms with van der Waals surface area (Å²) in [6.07, 6.45) is 3.53. The fourth-order valence-corrected chi connectivity index (χ4v) is 2.45. The van der Waals surface area contributed by atoms with Crippen LogP contribution in [0.25, 0.3) is 0 Å². The highest BCUT2D eigenvalue weighted by Gasteiger charge is 2.44. The average Bonchev–Trinajstić information content (AvgIpc) is 3.05. The third-order valence-electron chi connectivity index (χ3n) is 2.85. The Morgan fingerprint density at radius 1 is 1.59 bits per heavy atom. The van der Waals surface area contributed by atoms with Crippen molar-refractivity contribution in [2.75, 3.05) is 5.32 Å². The Morgan fingerprint density at radius 2 is 2.24 bits per heavy atom. The van der Waals surface area contributed by atoms with Crippen LogP contribution in [0.5, 0.6) is 0 Å². The lowest BCUT2D eigenvalue weighted by atomic mass is 9.96. The molecule has 1 aromatic rings. The molecule has 1 fully saturated rings. The SMILES string of the molecule is CC(N)(C(=O)Nc1ncc(Br)nc1Br)C1CC1. The van der Waals surface area contributed by atoms with Gasteiger partial charge in [-0.1, -0.05) is 0 Å². The van der Waals surface area contributed by atoms with Crippen LogP contribution >= 0.6 is 31.9 Å². The number of anilines is 1. The molecule has 2 rings (SSSR count). The second-order valence-electron chi connectivity index (χ2n) is 4.34. The number of hydrogen-bond donors (Lipinski definition) is 2. The van der Waals surface area contributed by atoms with E-state index in [4.69, 9.17) is 5.73 Å². The predicted octanol–water partition coefficient (Wildman–Crippen LogP) is 2.07. The molecule has 0 aliphatic heterocycles. The Labute approximate surface area is 116 Å². The number of carbonyl (C=O) groups is 1. The van der Waals surface area contributed by atoms with E-state index in [-0.39, 0.29) is 11.8 Å². The van der Waals surface area contributed by atoms with Gasteiger partial charge in [0.05, 0.1) is 11.7 Å². The molecule has 92 valence electrons. The van der Waals surface area contributed by atoms with Gasteiger partial charge in [-0.3, -0.25) is 4.79 Å². The second-order valence-corrected chi connectivity index (χ2v) is 5.91. The van der Waals surface area contributed by atoms with E-state index >= 15 is 0 Å². The van der Waals surface area contributed by atoms with Gasteiger partial charge in [0.1, 0.15) is 9.21 Å². The van der Waals surface area contributed by atoms with E-state index in [1.165, 1.54) is 6.20 Å². The Balaban J connectivity index is 2.12. The van der Waals surface area contributed by atoms with E-state index in [2.05, 4.69) is 47.1 Å². The lowest BCUT2D eigenvalue weighted by molar-refractivity contribution is -0.121. The number of nitrogens with two attached hydrogens (primary N) is 1. The summed E-state index contributed by atoms with van der Waals surface area (Å²) in [5.41, 5.74) is 5.17. The monoisotopic (exact) mass is 362 g/mol. The van der Waals surface area contributed by atoms with E-state index in [0.717, 1.165) is 12.8 Å². The molecule has 1 atom stereocenters. The molecule has 1 saturated carbocycles. The quantitative estimate of drug-likeness (QED) is 0.861. The number of nitrogens with one attached hydrogen (secondary N) is 1. The average molecular weight is 364 g/mol. The van der Waals surface area contributed by atoms with Crippen LogP contribution in [0.4, 0.5) is 5.82 Å². The Bertz CT molecular complexity index is 460.